The number of anilines is 2. The summed E-state index contributed by atoms with van der Waals surface area (Å²) in [5, 5.41) is 0. The molecule has 2 rings (SSSR count). The standard InChI is InChI=1S/C15H16N2OS/c1-2-9-19-13-6-3-11(4-7-13)18-12-5-8-14(16)15(17)10-12/h2-8,10H,1,9,16-17H2. The van der Waals surface area contributed by atoms with Gasteiger partial charge in [0, 0.05) is 16.7 Å². The predicted molar refractivity (Wildman–Crippen MR) is 82.7 cm³/mol. The molecule has 0 atom stereocenters. The molecule has 0 saturated heterocycles. The molecule has 0 unspecified atom stereocenters. The molecule has 0 aliphatic heterocycles. The van der Waals surface area contributed by atoms with Gasteiger partial charge in [-0.1, -0.05) is 6.08 Å². The molecule has 2 aromatic rings. The second kappa shape index (κ2) is 6.20. The number of nitrogen functional groups attached to an aromatic ring is 2. The minimum atomic E-state index is 0.524. The zero-order valence-electron chi connectivity index (χ0n) is 10.5. The molecule has 0 fully saturated rings. The Labute approximate surface area is 117 Å². The van der Waals surface area contributed by atoms with E-state index in [1.807, 2.05) is 30.3 Å². The van der Waals surface area contributed by atoms with Crippen molar-refractivity contribution in [1.29, 1.82) is 0 Å². The van der Waals surface area contributed by atoms with Crippen LogP contribution in [0.4, 0.5) is 11.4 Å². The molecule has 0 bridgehead atoms. The number of rotatable bonds is 5. The second-order valence-corrected chi connectivity index (χ2v) is 5.06. The Kier molecular flexibility index (Phi) is 4.36. The first-order valence-electron chi connectivity index (χ1n) is 5.85. The second-order valence-electron chi connectivity index (χ2n) is 3.96. The molecular weight excluding hydrogens is 256 g/mol. The van der Waals surface area contributed by atoms with E-state index in [9.17, 15) is 0 Å². The number of hydrogen-bond acceptors (Lipinski definition) is 4. The zero-order valence-corrected chi connectivity index (χ0v) is 11.3. The largest absolute Gasteiger partial charge is 0.457 e. The van der Waals surface area contributed by atoms with Crippen LogP contribution in [0.15, 0.2) is 60.0 Å². The molecule has 0 aliphatic carbocycles. The van der Waals surface area contributed by atoms with Crippen molar-refractivity contribution in [1.82, 2.24) is 0 Å². The first kappa shape index (κ1) is 13.4. The third-order valence-corrected chi connectivity index (χ3v) is 3.49. The SMILES string of the molecule is C=CCSc1ccc(Oc2ccc(N)c(N)c2)cc1. The average molecular weight is 272 g/mol. The van der Waals surface area contributed by atoms with Crippen LogP contribution in [-0.4, -0.2) is 5.75 Å². The van der Waals surface area contributed by atoms with Gasteiger partial charge in [-0.2, -0.15) is 0 Å². The highest BCUT2D eigenvalue weighted by atomic mass is 32.2. The summed E-state index contributed by atoms with van der Waals surface area (Å²) < 4.78 is 5.71. The summed E-state index contributed by atoms with van der Waals surface area (Å²) in [5.74, 6) is 2.35. The lowest BCUT2D eigenvalue weighted by molar-refractivity contribution is 0.482. The van der Waals surface area contributed by atoms with Crippen molar-refractivity contribution in [2.45, 2.75) is 4.90 Å². The van der Waals surface area contributed by atoms with Crippen LogP contribution >= 0.6 is 11.8 Å². The summed E-state index contributed by atoms with van der Waals surface area (Å²) in [7, 11) is 0. The van der Waals surface area contributed by atoms with Crippen LogP contribution < -0.4 is 16.2 Å². The van der Waals surface area contributed by atoms with Crippen molar-refractivity contribution in [3.8, 4) is 11.5 Å². The fourth-order valence-electron chi connectivity index (χ4n) is 1.51. The molecule has 98 valence electrons. The molecule has 3 nitrogen and oxygen atoms in total. The number of hydrogen-bond donors (Lipinski definition) is 2. The van der Waals surface area contributed by atoms with Crippen molar-refractivity contribution in [3.05, 3.63) is 55.1 Å². The van der Waals surface area contributed by atoms with E-state index in [4.69, 9.17) is 16.2 Å². The Bertz CT molecular complexity index is 567. The molecule has 4 N–H and O–H groups in total. The average Bonchev–Trinajstić information content (AvgIpc) is 2.42. The van der Waals surface area contributed by atoms with E-state index in [0.29, 0.717) is 17.1 Å². The van der Waals surface area contributed by atoms with Gasteiger partial charge in [-0.15, -0.1) is 18.3 Å². The van der Waals surface area contributed by atoms with Gasteiger partial charge in [0.1, 0.15) is 11.5 Å². The normalized spacial score (nSPS) is 10.1. The zero-order chi connectivity index (χ0) is 13.7. The van der Waals surface area contributed by atoms with E-state index in [2.05, 4.69) is 6.58 Å². The van der Waals surface area contributed by atoms with Crippen LogP contribution in [0.3, 0.4) is 0 Å². The molecule has 0 saturated carbocycles. The number of thioether (sulfide) groups is 1. The lowest BCUT2D eigenvalue weighted by Gasteiger charge is -2.08. The van der Waals surface area contributed by atoms with Crippen LogP contribution in [0, 0.1) is 0 Å². The lowest BCUT2D eigenvalue weighted by atomic mass is 10.2. The molecule has 0 aromatic heterocycles. The van der Waals surface area contributed by atoms with Gasteiger partial charge in [-0.3, -0.25) is 0 Å². The Morgan fingerprint density at radius 1 is 1.00 bits per heavy atom. The molecule has 4 heteroatoms. The van der Waals surface area contributed by atoms with E-state index < -0.39 is 0 Å². The molecular formula is C15H16N2OS. The van der Waals surface area contributed by atoms with Gasteiger partial charge in [0.05, 0.1) is 11.4 Å². The Balaban J connectivity index is 2.06. The van der Waals surface area contributed by atoms with Crippen LogP contribution in [0.2, 0.25) is 0 Å². The predicted octanol–water partition coefficient (Wildman–Crippen LogP) is 3.92. The van der Waals surface area contributed by atoms with Crippen LogP contribution in [0.1, 0.15) is 0 Å². The highest BCUT2D eigenvalue weighted by molar-refractivity contribution is 7.99. The van der Waals surface area contributed by atoms with E-state index in [1.54, 1.807) is 30.0 Å². The van der Waals surface area contributed by atoms with Gasteiger partial charge in [-0.05, 0) is 36.4 Å². The summed E-state index contributed by atoms with van der Waals surface area (Å²) in [6, 6.07) is 13.1. The Morgan fingerprint density at radius 3 is 2.32 bits per heavy atom. The van der Waals surface area contributed by atoms with E-state index in [-0.39, 0.29) is 0 Å². The smallest absolute Gasteiger partial charge is 0.129 e. The van der Waals surface area contributed by atoms with Gasteiger partial charge in [-0.25, -0.2) is 0 Å². The number of benzene rings is 2. The first-order valence-corrected chi connectivity index (χ1v) is 6.84. The van der Waals surface area contributed by atoms with Crippen molar-refractivity contribution in [2.24, 2.45) is 0 Å². The van der Waals surface area contributed by atoms with Gasteiger partial charge < -0.3 is 16.2 Å². The van der Waals surface area contributed by atoms with Gasteiger partial charge in [0.15, 0.2) is 0 Å². The van der Waals surface area contributed by atoms with Gasteiger partial charge >= 0.3 is 0 Å². The van der Waals surface area contributed by atoms with Crippen molar-refractivity contribution >= 4 is 23.1 Å². The maximum absolute atomic E-state index is 5.74. The highest BCUT2D eigenvalue weighted by Gasteiger charge is 2.01. The lowest BCUT2D eigenvalue weighted by Crippen LogP contribution is -1.94. The topological polar surface area (TPSA) is 61.3 Å². The Morgan fingerprint density at radius 2 is 1.68 bits per heavy atom. The summed E-state index contributed by atoms with van der Waals surface area (Å²) >= 11 is 1.73. The van der Waals surface area contributed by atoms with Gasteiger partial charge in [0.25, 0.3) is 0 Å². The molecule has 0 heterocycles. The van der Waals surface area contributed by atoms with Crippen LogP contribution in [-0.2, 0) is 0 Å². The van der Waals surface area contributed by atoms with Crippen molar-refractivity contribution in [3.63, 3.8) is 0 Å². The molecule has 0 spiro atoms. The van der Waals surface area contributed by atoms with Crippen LogP contribution in [0.5, 0.6) is 11.5 Å². The van der Waals surface area contributed by atoms with E-state index in [1.165, 1.54) is 4.90 Å². The monoisotopic (exact) mass is 272 g/mol. The third kappa shape index (κ3) is 3.69. The quantitative estimate of drug-likeness (QED) is 0.492. The molecule has 0 amide bonds. The maximum atomic E-state index is 5.74. The first-order chi connectivity index (χ1) is 9.19. The van der Waals surface area contributed by atoms with Crippen molar-refractivity contribution < 1.29 is 4.74 Å². The molecule has 19 heavy (non-hydrogen) atoms. The molecule has 2 aromatic carbocycles. The Hall–Kier alpha value is -2.07. The number of nitrogens with two attached hydrogens (primary N) is 2. The minimum Gasteiger partial charge on any atom is -0.457 e. The molecule has 0 radical (unpaired) electrons. The third-order valence-electron chi connectivity index (χ3n) is 2.49. The fraction of sp³-hybridized carbons (Fsp3) is 0.0667. The highest BCUT2D eigenvalue weighted by Crippen LogP contribution is 2.28. The van der Waals surface area contributed by atoms with Crippen LogP contribution in [0.25, 0.3) is 0 Å². The van der Waals surface area contributed by atoms with E-state index in [0.717, 1.165) is 11.5 Å². The summed E-state index contributed by atoms with van der Waals surface area (Å²) in [6.45, 7) is 3.70. The van der Waals surface area contributed by atoms with Crippen molar-refractivity contribution in [2.75, 3.05) is 17.2 Å². The fourth-order valence-corrected chi connectivity index (χ4v) is 2.15. The summed E-state index contributed by atoms with van der Waals surface area (Å²) in [5.41, 5.74) is 12.5. The minimum absolute atomic E-state index is 0.524. The number of ether oxygens (including phenoxy) is 1. The molecule has 0 aliphatic rings. The summed E-state index contributed by atoms with van der Waals surface area (Å²) in [6.07, 6.45) is 1.88. The van der Waals surface area contributed by atoms with Gasteiger partial charge in [0.2, 0.25) is 0 Å². The van der Waals surface area contributed by atoms with E-state index >= 15 is 0 Å². The maximum Gasteiger partial charge on any atom is 0.129 e. The summed E-state index contributed by atoms with van der Waals surface area (Å²) in [4.78, 5) is 1.18.